The van der Waals surface area contributed by atoms with Crippen molar-refractivity contribution >= 4 is 23.9 Å². The van der Waals surface area contributed by atoms with Crippen LogP contribution in [0.1, 0.15) is 34.6 Å². The minimum atomic E-state index is -1.32. The van der Waals surface area contributed by atoms with E-state index < -0.39 is 42.4 Å². The molecule has 0 aliphatic heterocycles. The molecular formula is C37H37N3O6. The van der Waals surface area contributed by atoms with Crippen molar-refractivity contribution in [2.24, 2.45) is 5.73 Å². The number of hydrogen-bond acceptors (Lipinski definition) is 6. The first kappa shape index (κ1) is 32.0. The number of carbonyl (C=O) groups excluding carboxylic acids is 4. The maximum atomic E-state index is 14.0. The van der Waals surface area contributed by atoms with Crippen LogP contribution >= 0.6 is 0 Å². The molecule has 0 bridgehead atoms. The van der Waals surface area contributed by atoms with Gasteiger partial charge in [-0.05, 0) is 33.4 Å². The summed E-state index contributed by atoms with van der Waals surface area (Å²) in [7, 11) is 2.84. The van der Waals surface area contributed by atoms with E-state index in [1.165, 1.54) is 19.0 Å². The first-order chi connectivity index (χ1) is 22.2. The number of fused-ring (bicyclic) bond motifs is 3. The summed E-state index contributed by atoms with van der Waals surface area (Å²) in [5, 5.41) is 0. The van der Waals surface area contributed by atoms with E-state index in [1.807, 2.05) is 109 Å². The Morgan fingerprint density at radius 2 is 1.20 bits per heavy atom. The third kappa shape index (κ3) is 7.26. The van der Waals surface area contributed by atoms with Gasteiger partial charge in [-0.1, -0.05) is 109 Å². The number of nitrogens with two attached hydrogens (primary N) is 1. The molecule has 2 atom stereocenters. The summed E-state index contributed by atoms with van der Waals surface area (Å²) < 4.78 is 11.3. The number of amides is 3. The zero-order valence-electron chi connectivity index (χ0n) is 25.9. The molecule has 9 nitrogen and oxygen atoms in total. The molecule has 46 heavy (non-hydrogen) atoms. The molecule has 0 saturated carbocycles. The van der Waals surface area contributed by atoms with Crippen molar-refractivity contribution in [3.05, 3.63) is 131 Å². The van der Waals surface area contributed by atoms with Crippen LogP contribution in [0.15, 0.2) is 109 Å². The first-order valence-corrected chi connectivity index (χ1v) is 15.1. The van der Waals surface area contributed by atoms with Crippen LogP contribution in [0.25, 0.3) is 11.1 Å². The first-order valence-electron chi connectivity index (χ1n) is 15.1. The number of primary amides is 1. The van der Waals surface area contributed by atoms with Gasteiger partial charge in [-0.2, -0.15) is 0 Å². The van der Waals surface area contributed by atoms with Crippen molar-refractivity contribution in [3.8, 4) is 11.1 Å². The number of rotatable bonds is 12. The van der Waals surface area contributed by atoms with Crippen molar-refractivity contribution < 1.29 is 28.7 Å². The molecule has 236 valence electrons. The maximum absolute atomic E-state index is 14.0. The zero-order chi connectivity index (χ0) is 32.6. The fourth-order valence-electron chi connectivity index (χ4n) is 5.82. The number of carbonyl (C=O) groups is 4. The highest BCUT2D eigenvalue weighted by atomic mass is 16.6. The van der Waals surface area contributed by atoms with Crippen LogP contribution in [0.4, 0.5) is 4.79 Å². The SMILES string of the molecule is CN(C(=O)OCC1c2ccccc2-c2ccccc21)[C@@H](CC(=O)OCc1ccccc1)C(=O)N(C)[C@@H](Cc1ccccc1)C(N)=O. The Kier molecular flexibility index (Phi) is 10.1. The monoisotopic (exact) mass is 619 g/mol. The molecule has 4 aromatic carbocycles. The van der Waals surface area contributed by atoms with Gasteiger partial charge in [-0.3, -0.25) is 19.3 Å². The molecule has 9 heteroatoms. The summed E-state index contributed by atoms with van der Waals surface area (Å²) in [6.07, 6.45) is -1.07. The summed E-state index contributed by atoms with van der Waals surface area (Å²) in [6.45, 7) is 0.0350. The highest BCUT2D eigenvalue weighted by molar-refractivity contribution is 5.93. The van der Waals surface area contributed by atoms with Gasteiger partial charge in [-0.15, -0.1) is 0 Å². The second-order valence-corrected chi connectivity index (χ2v) is 11.3. The van der Waals surface area contributed by atoms with Gasteiger partial charge in [0.25, 0.3) is 0 Å². The average molecular weight is 620 g/mol. The Bertz CT molecular complexity index is 1650. The smallest absolute Gasteiger partial charge is 0.410 e. The maximum Gasteiger partial charge on any atom is 0.410 e. The molecule has 0 fully saturated rings. The second-order valence-electron chi connectivity index (χ2n) is 11.3. The van der Waals surface area contributed by atoms with Gasteiger partial charge in [0.05, 0.1) is 6.42 Å². The van der Waals surface area contributed by atoms with Crippen LogP contribution < -0.4 is 5.73 Å². The molecule has 0 spiro atoms. The molecule has 1 aliphatic rings. The van der Waals surface area contributed by atoms with E-state index in [0.29, 0.717) is 0 Å². The Morgan fingerprint density at radius 3 is 1.76 bits per heavy atom. The molecule has 0 heterocycles. The number of benzene rings is 4. The van der Waals surface area contributed by atoms with Crippen molar-refractivity contribution in [1.82, 2.24) is 9.80 Å². The predicted octanol–water partition coefficient (Wildman–Crippen LogP) is 4.92. The Labute approximate surface area is 268 Å². The van der Waals surface area contributed by atoms with E-state index in [1.54, 1.807) is 0 Å². The molecule has 3 amide bonds. The predicted molar refractivity (Wildman–Crippen MR) is 173 cm³/mol. The molecule has 2 N–H and O–H groups in total. The minimum Gasteiger partial charge on any atom is -0.461 e. The zero-order valence-corrected chi connectivity index (χ0v) is 25.9. The topological polar surface area (TPSA) is 119 Å². The van der Waals surface area contributed by atoms with Gasteiger partial charge in [0.1, 0.15) is 25.3 Å². The number of esters is 1. The quantitative estimate of drug-likeness (QED) is 0.225. The molecule has 0 saturated heterocycles. The summed E-state index contributed by atoms with van der Waals surface area (Å²) in [5.74, 6) is -2.24. The highest BCUT2D eigenvalue weighted by Gasteiger charge is 2.37. The Balaban J connectivity index is 1.34. The van der Waals surface area contributed by atoms with E-state index >= 15 is 0 Å². The van der Waals surface area contributed by atoms with Crippen LogP contribution in [0.2, 0.25) is 0 Å². The van der Waals surface area contributed by atoms with E-state index in [0.717, 1.165) is 38.3 Å². The minimum absolute atomic E-state index is 0.00298. The van der Waals surface area contributed by atoms with Crippen LogP contribution in [-0.4, -0.2) is 66.5 Å². The Hall–Kier alpha value is -5.44. The summed E-state index contributed by atoms with van der Waals surface area (Å²) in [6, 6.07) is 31.9. The molecule has 0 radical (unpaired) electrons. The molecule has 4 aromatic rings. The Morgan fingerprint density at radius 1 is 0.674 bits per heavy atom. The number of ether oxygens (including phenoxy) is 2. The lowest BCUT2D eigenvalue weighted by Gasteiger charge is -2.33. The third-order valence-electron chi connectivity index (χ3n) is 8.39. The van der Waals surface area contributed by atoms with E-state index in [-0.39, 0.29) is 25.6 Å². The van der Waals surface area contributed by atoms with Gasteiger partial charge in [0, 0.05) is 26.4 Å². The molecule has 5 rings (SSSR count). The highest BCUT2D eigenvalue weighted by Crippen LogP contribution is 2.44. The van der Waals surface area contributed by atoms with Crippen molar-refractivity contribution in [2.45, 2.75) is 37.5 Å². The van der Waals surface area contributed by atoms with Crippen molar-refractivity contribution in [3.63, 3.8) is 0 Å². The molecule has 1 aliphatic carbocycles. The van der Waals surface area contributed by atoms with Crippen LogP contribution in [0, 0.1) is 0 Å². The van der Waals surface area contributed by atoms with Gasteiger partial charge in [0.2, 0.25) is 11.8 Å². The van der Waals surface area contributed by atoms with Crippen LogP contribution in [0.3, 0.4) is 0 Å². The molecular weight excluding hydrogens is 582 g/mol. The lowest BCUT2D eigenvalue weighted by Crippen LogP contribution is -2.55. The average Bonchev–Trinajstić information content (AvgIpc) is 3.41. The summed E-state index contributed by atoms with van der Waals surface area (Å²) in [5.41, 5.74) is 11.6. The third-order valence-corrected chi connectivity index (χ3v) is 8.39. The number of hydrogen-bond donors (Lipinski definition) is 1. The fourth-order valence-corrected chi connectivity index (χ4v) is 5.82. The van der Waals surface area contributed by atoms with Crippen molar-refractivity contribution in [2.75, 3.05) is 20.7 Å². The van der Waals surface area contributed by atoms with E-state index in [9.17, 15) is 19.2 Å². The summed E-state index contributed by atoms with van der Waals surface area (Å²) >= 11 is 0. The number of likely N-dealkylation sites (N-methyl/N-ethyl adjacent to an activating group) is 2. The van der Waals surface area contributed by atoms with Crippen LogP contribution in [-0.2, 0) is 36.9 Å². The standard InChI is InChI=1S/C37H37N3O6/c1-39(32(35(38)42)21-25-13-5-3-6-14-25)36(43)33(22-34(41)45-23-26-15-7-4-8-16-26)40(2)37(44)46-24-31-29-19-11-9-17-27(29)28-18-10-12-20-30(28)31/h3-20,31-33H,21-24H2,1-2H3,(H2,38,42)/t32-,33-/m0/s1. The van der Waals surface area contributed by atoms with Gasteiger partial charge < -0.3 is 20.1 Å². The molecule has 0 aromatic heterocycles. The largest absolute Gasteiger partial charge is 0.461 e. The van der Waals surface area contributed by atoms with E-state index in [2.05, 4.69) is 0 Å². The summed E-state index contributed by atoms with van der Waals surface area (Å²) in [4.78, 5) is 55.4. The second kappa shape index (κ2) is 14.6. The van der Waals surface area contributed by atoms with Gasteiger partial charge >= 0.3 is 12.1 Å². The molecule has 0 unspecified atom stereocenters. The van der Waals surface area contributed by atoms with Crippen LogP contribution in [0.5, 0.6) is 0 Å². The lowest BCUT2D eigenvalue weighted by molar-refractivity contribution is -0.151. The fraction of sp³-hybridized carbons (Fsp3) is 0.243. The number of nitrogens with zero attached hydrogens (tertiary/aromatic N) is 2. The van der Waals surface area contributed by atoms with Gasteiger partial charge in [-0.25, -0.2) is 4.79 Å². The lowest BCUT2D eigenvalue weighted by atomic mass is 9.98. The van der Waals surface area contributed by atoms with Crippen molar-refractivity contribution in [1.29, 1.82) is 0 Å². The van der Waals surface area contributed by atoms with E-state index in [4.69, 9.17) is 15.2 Å². The van der Waals surface area contributed by atoms with Gasteiger partial charge in [0.15, 0.2) is 0 Å². The normalized spacial score (nSPS) is 13.1.